The number of rotatable bonds is 5. The molecule has 1 aliphatic heterocycles. The molecule has 0 spiro atoms. The highest BCUT2D eigenvalue weighted by molar-refractivity contribution is 6.07. The van der Waals surface area contributed by atoms with Crippen LogP contribution in [-0.4, -0.2) is 28.8 Å². The summed E-state index contributed by atoms with van der Waals surface area (Å²) in [4.78, 5) is 15.0. The summed E-state index contributed by atoms with van der Waals surface area (Å²) in [6.07, 6.45) is 4.96. The second-order valence-corrected chi connectivity index (χ2v) is 7.91. The second-order valence-electron chi connectivity index (χ2n) is 7.91. The van der Waals surface area contributed by atoms with Crippen LogP contribution in [0.2, 0.25) is 0 Å². The number of benzene rings is 2. The van der Waals surface area contributed by atoms with Gasteiger partial charge in [0, 0.05) is 18.5 Å². The molecule has 1 saturated carbocycles. The summed E-state index contributed by atoms with van der Waals surface area (Å²) < 4.78 is 0. The lowest BCUT2D eigenvalue weighted by atomic mass is 9.86. The van der Waals surface area contributed by atoms with Crippen molar-refractivity contribution in [1.82, 2.24) is 0 Å². The lowest BCUT2D eigenvalue weighted by Gasteiger charge is -2.30. The maximum absolute atomic E-state index is 13.3. The number of carbonyl (C=O) groups excluding carboxylic acids is 1. The van der Waals surface area contributed by atoms with Crippen LogP contribution >= 0.6 is 0 Å². The first-order valence-corrected chi connectivity index (χ1v) is 9.96. The van der Waals surface area contributed by atoms with E-state index in [0.29, 0.717) is 18.0 Å². The van der Waals surface area contributed by atoms with E-state index in [-0.39, 0.29) is 6.42 Å². The molecule has 4 rings (SSSR count). The van der Waals surface area contributed by atoms with Crippen LogP contribution in [0.4, 0.5) is 5.69 Å². The Hall–Kier alpha value is -2.17. The van der Waals surface area contributed by atoms with Crippen LogP contribution in [0.15, 0.2) is 54.6 Å². The molecule has 2 unspecified atom stereocenters. The van der Waals surface area contributed by atoms with Crippen molar-refractivity contribution in [2.24, 2.45) is 5.92 Å². The van der Waals surface area contributed by atoms with Gasteiger partial charge in [0.1, 0.15) is 6.10 Å². The molecule has 4 heteroatoms. The van der Waals surface area contributed by atoms with Crippen molar-refractivity contribution in [2.75, 3.05) is 11.4 Å². The lowest BCUT2D eigenvalue weighted by Crippen LogP contribution is -2.50. The number of nitrogens with zero attached hydrogens (tertiary/aromatic N) is 1. The van der Waals surface area contributed by atoms with Crippen LogP contribution in [0.1, 0.15) is 43.2 Å². The first kappa shape index (κ1) is 18.2. The number of anilines is 1. The van der Waals surface area contributed by atoms with Gasteiger partial charge >= 0.3 is 0 Å². The molecule has 2 atom stereocenters. The smallest absolute Gasteiger partial charge is 0.266 e. The fourth-order valence-corrected chi connectivity index (χ4v) is 4.58. The summed E-state index contributed by atoms with van der Waals surface area (Å²) in [7, 11) is 0. The molecule has 142 valence electrons. The molecular weight excluding hydrogens is 338 g/mol. The molecule has 4 nitrogen and oxygen atoms in total. The minimum absolute atomic E-state index is 0.231. The maximum atomic E-state index is 13.3. The van der Waals surface area contributed by atoms with E-state index in [1.165, 1.54) is 19.3 Å². The third kappa shape index (κ3) is 3.28. The SMILES string of the molecule is O=C1N(CC2CCCCC2)c2ccccc2C1(O)C(O)Cc1ccccc1. The standard InChI is InChI=1S/C23H27NO3/c25-21(15-17-9-3-1-4-10-17)23(27)19-13-7-8-14-20(19)24(22(23)26)16-18-11-5-2-6-12-18/h1,3-4,7-10,13-14,18,21,25,27H,2,5-6,11-12,15-16H2. The van der Waals surface area contributed by atoms with Gasteiger partial charge in [-0.25, -0.2) is 0 Å². The number of hydrogen-bond acceptors (Lipinski definition) is 3. The summed E-state index contributed by atoms with van der Waals surface area (Å²) in [6, 6.07) is 16.8. The molecule has 1 fully saturated rings. The Morgan fingerprint density at radius 2 is 1.67 bits per heavy atom. The minimum Gasteiger partial charge on any atom is -0.389 e. The topological polar surface area (TPSA) is 60.8 Å². The molecule has 2 aromatic carbocycles. The van der Waals surface area contributed by atoms with Crippen LogP contribution in [0.5, 0.6) is 0 Å². The van der Waals surface area contributed by atoms with E-state index in [0.717, 1.165) is 24.1 Å². The Morgan fingerprint density at radius 3 is 2.41 bits per heavy atom. The van der Waals surface area contributed by atoms with Crippen molar-refractivity contribution in [3.63, 3.8) is 0 Å². The summed E-state index contributed by atoms with van der Waals surface area (Å²) in [5.41, 5.74) is 0.271. The van der Waals surface area contributed by atoms with Gasteiger partial charge in [-0.2, -0.15) is 0 Å². The molecule has 0 aromatic heterocycles. The predicted octanol–water partition coefficient (Wildman–Crippen LogP) is 3.40. The second kappa shape index (κ2) is 7.45. The molecule has 2 N–H and O–H groups in total. The quantitative estimate of drug-likeness (QED) is 0.854. The molecule has 2 aromatic rings. The summed E-state index contributed by atoms with van der Waals surface area (Å²) in [5.74, 6) is 0.0714. The molecule has 2 aliphatic rings. The Balaban J connectivity index is 1.63. The average Bonchev–Trinajstić information content (AvgIpc) is 2.93. The zero-order chi connectivity index (χ0) is 18.9. The number of aliphatic hydroxyl groups is 2. The number of carbonyl (C=O) groups is 1. The van der Waals surface area contributed by atoms with Gasteiger partial charge in [0.2, 0.25) is 0 Å². The molecule has 27 heavy (non-hydrogen) atoms. The fraction of sp³-hybridized carbons (Fsp3) is 0.435. The number of hydrogen-bond donors (Lipinski definition) is 2. The van der Waals surface area contributed by atoms with Crippen LogP contribution < -0.4 is 4.90 Å². The molecule has 1 aliphatic carbocycles. The largest absolute Gasteiger partial charge is 0.389 e. The number of fused-ring (bicyclic) bond motifs is 1. The first-order valence-electron chi connectivity index (χ1n) is 9.96. The van der Waals surface area contributed by atoms with Crippen LogP contribution in [0.25, 0.3) is 0 Å². The Labute approximate surface area is 160 Å². The Bertz CT molecular complexity index is 800. The molecule has 0 radical (unpaired) electrons. The van der Waals surface area contributed by atoms with Crippen molar-refractivity contribution in [3.8, 4) is 0 Å². The van der Waals surface area contributed by atoms with Crippen molar-refractivity contribution in [1.29, 1.82) is 0 Å². The first-order chi connectivity index (χ1) is 13.1. The Kier molecular flexibility index (Phi) is 5.02. The van der Waals surface area contributed by atoms with Gasteiger partial charge in [0.25, 0.3) is 5.91 Å². The van der Waals surface area contributed by atoms with Gasteiger partial charge < -0.3 is 15.1 Å². The van der Waals surface area contributed by atoms with Crippen LogP contribution in [0, 0.1) is 5.92 Å². The minimum atomic E-state index is -1.89. The summed E-state index contributed by atoms with van der Waals surface area (Å²) >= 11 is 0. The van der Waals surface area contributed by atoms with E-state index in [4.69, 9.17) is 0 Å². The fourth-order valence-electron chi connectivity index (χ4n) is 4.58. The lowest BCUT2D eigenvalue weighted by molar-refractivity contribution is -0.149. The van der Waals surface area contributed by atoms with E-state index >= 15 is 0 Å². The Morgan fingerprint density at radius 1 is 1.00 bits per heavy atom. The number of aliphatic hydroxyl groups excluding tert-OH is 1. The van der Waals surface area contributed by atoms with E-state index < -0.39 is 17.6 Å². The highest BCUT2D eigenvalue weighted by Gasteiger charge is 2.54. The molecule has 1 amide bonds. The zero-order valence-electron chi connectivity index (χ0n) is 15.6. The molecule has 1 heterocycles. The van der Waals surface area contributed by atoms with Gasteiger partial charge in [0.05, 0.1) is 5.69 Å². The summed E-state index contributed by atoms with van der Waals surface area (Å²) in [6.45, 7) is 0.621. The average molecular weight is 365 g/mol. The van der Waals surface area contributed by atoms with Gasteiger partial charge in [-0.1, -0.05) is 67.8 Å². The monoisotopic (exact) mass is 365 g/mol. The number of para-hydroxylation sites is 1. The zero-order valence-corrected chi connectivity index (χ0v) is 15.6. The van der Waals surface area contributed by atoms with E-state index in [1.54, 1.807) is 11.0 Å². The van der Waals surface area contributed by atoms with Crippen molar-refractivity contribution in [2.45, 2.75) is 50.2 Å². The van der Waals surface area contributed by atoms with Gasteiger partial charge in [-0.3, -0.25) is 4.79 Å². The van der Waals surface area contributed by atoms with Crippen molar-refractivity contribution < 1.29 is 15.0 Å². The predicted molar refractivity (Wildman–Crippen MR) is 105 cm³/mol. The molecule has 0 bridgehead atoms. The number of amides is 1. The van der Waals surface area contributed by atoms with Crippen molar-refractivity contribution >= 4 is 11.6 Å². The molecular formula is C23H27NO3. The van der Waals surface area contributed by atoms with Crippen LogP contribution in [-0.2, 0) is 16.8 Å². The molecule has 0 saturated heterocycles. The van der Waals surface area contributed by atoms with E-state index in [9.17, 15) is 15.0 Å². The van der Waals surface area contributed by atoms with Gasteiger partial charge in [-0.05, 0) is 30.4 Å². The highest BCUT2D eigenvalue weighted by Crippen LogP contribution is 2.44. The highest BCUT2D eigenvalue weighted by atomic mass is 16.4. The van der Waals surface area contributed by atoms with Gasteiger partial charge in [0.15, 0.2) is 5.60 Å². The van der Waals surface area contributed by atoms with Crippen LogP contribution in [0.3, 0.4) is 0 Å². The summed E-state index contributed by atoms with van der Waals surface area (Å²) in [5, 5.41) is 22.3. The van der Waals surface area contributed by atoms with Gasteiger partial charge in [-0.15, -0.1) is 0 Å². The maximum Gasteiger partial charge on any atom is 0.266 e. The third-order valence-corrected chi connectivity index (χ3v) is 6.10. The normalized spacial score (nSPS) is 24.1. The van der Waals surface area contributed by atoms with E-state index in [2.05, 4.69) is 0 Å². The third-order valence-electron chi connectivity index (χ3n) is 6.10. The van der Waals surface area contributed by atoms with E-state index in [1.807, 2.05) is 48.5 Å². The van der Waals surface area contributed by atoms with Crippen molar-refractivity contribution in [3.05, 3.63) is 65.7 Å².